The van der Waals surface area contributed by atoms with Crippen molar-refractivity contribution in [1.29, 1.82) is 0 Å². The molecule has 0 aromatic rings. The van der Waals surface area contributed by atoms with E-state index in [1.165, 1.54) is 0 Å². The number of rotatable bonds is 0. The van der Waals surface area contributed by atoms with E-state index in [0.717, 1.165) is 0 Å². The Labute approximate surface area is 49.0 Å². The van der Waals surface area contributed by atoms with Crippen LogP contribution in [0.15, 0.2) is 0 Å². The molecule has 0 unspecified atom stereocenters. The Hall–Kier alpha value is 0.473. The second kappa shape index (κ2) is 17.9. The first kappa shape index (κ1) is 9.69. The summed E-state index contributed by atoms with van der Waals surface area (Å²) in [5.74, 6) is 0. The van der Waals surface area contributed by atoms with Crippen molar-refractivity contribution in [2.45, 2.75) is 0 Å². The van der Waals surface area contributed by atoms with E-state index in [1.807, 2.05) is 0 Å². The summed E-state index contributed by atoms with van der Waals surface area (Å²) in [6.45, 7) is 0. The molecule has 6 heavy (non-hydrogen) atoms. The zero-order valence-electron chi connectivity index (χ0n) is 2.30. The Morgan fingerprint density at radius 1 is 1.17 bits per heavy atom. The molecule has 0 saturated heterocycles. The first-order valence-electron chi connectivity index (χ1n) is 0.544. The van der Waals surface area contributed by atoms with Gasteiger partial charge in [-0.25, -0.2) is 0 Å². The van der Waals surface area contributed by atoms with Gasteiger partial charge in [0.15, 0.2) is 0 Å². The summed E-state index contributed by atoms with van der Waals surface area (Å²) in [5, 5.41) is 0. The van der Waals surface area contributed by atoms with Crippen LogP contribution >= 0.6 is 0 Å². The van der Waals surface area contributed by atoms with Gasteiger partial charge >= 0.3 is 48.8 Å². The molecular weight excluding hydrogens is 359 g/mol. The van der Waals surface area contributed by atoms with Gasteiger partial charge in [-0.2, -0.15) is 0 Å². The van der Waals surface area contributed by atoms with Crippen LogP contribution in [-0.4, -0.2) is 0 Å². The van der Waals surface area contributed by atoms with Crippen LogP contribution in [0.4, 0.5) is 0 Å². The molecule has 0 spiro atoms. The van der Waals surface area contributed by atoms with Crippen molar-refractivity contribution >= 4 is 0 Å². The predicted octanol–water partition coefficient (Wildman–Crippen LogP) is -0.480. The van der Waals surface area contributed by atoms with Crippen LogP contribution in [0, 0.1) is 0 Å². The van der Waals surface area contributed by atoms with Gasteiger partial charge in [-0.05, 0) is 0 Å². The van der Waals surface area contributed by atoms with Gasteiger partial charge in [-0.15, -0.1) is 0 Å². The summed E-state index contributed by atoms with van der Waals surface area (Å²) in [4.78, 5) is 0. The fraction of sp³-hybridized carbons (Fsp3) is 0. The van der Waals surface area contributed by atoms with E-state index in [4.69, 9.17) is 14.2 Å². The first-order chi connectivity index (χ1) is 2.83. The van der Waals surface area contributed by atoms with Gasteiger partial charge in [-0.3, -0.25) is 0 Å². The van der Waals surface area contributed by atoms with E-state index in [-0.39, 0.29) is 0 Å². The van der Waals surface area contributed by atoms with E-state index in [9.17, 15) is 0 Å². The first-order valence-corrected chi connectivity index (χ1v) is 3.84. The van der Waals surface area contributed by atoms with E-state index < -0.39 is 34.6 Å². The van der Waals surface area contributed by atoms with Crippen LogP contribution in [-0.2, 0) is 48.8 Å². The van der Waals surface area contributed by atoms with Crippen molar-refractivity contribution in [1.82, 2.24) is 0 Å². The van der Waals surface area contributed by atoms with Crippen molar-refractivity contribution in [3.05, 3.63) is 0 Å². The van der Waals surface area contributed by atoms with Gasteiger partial charge < -0.3 is 0 Å². The monoisotopic (exact) mass is 360 g/mol. The Morgan fingerprint density at radius 2 is 1.17 bits per heavy atom. The molecule has 0 rings (SSSR count). The molecule has 0 N–H and O–H groups in total. The maximum absolute atomic E-state index is 8.50. The predicted molar refractivity (Wildman–Crippen MR) is 2.75 cm³/mol. The number of hydrogen-bond donors (Lipinski definition) is 0. The van der Waals surface area contributed by atoms with Crippen molar-refractivity contribution in [2.75, 3.05) is 0 Å². The molecule has 4 nitrogen and oxygen atoms in total. The van der Waals surface area contributed by atoms with Crippen molar-refractivity contribution in [3.63, 3.8) is 0 Å². The van der Waals surface area contributed by atoms with E-state index in [2.05, 4.69) is 0 Å². The molecule has 0 atom stereocenters. The summed E-state index contributed by atoms with van der Waals surface area (Å²) < 4.78 is 33.9. The Bertz CT molecular complexity index is 61.5. The van der Waals surface area contributed by atoms with Gasteiger partial charge in [0.25, 0.3) is 0 Å². The Kier molecular flexibility index (Phi) is 28.9. The third kappa shape index (κ3) is 241. The maximum atomic E-state index is 8.50. The second-order valence-corrected chi connectivity index (χ2v) is 0.783. The van der Waals surface area contributed by atoms with E-state index >= 15 is 0 Å². The third-order valence-electron chi connectivity index (χ3n) is 0. The Morgan fingerprint density at radius 3 is 1.17 bits per heavy atom. The molecule has 0 radical (unpaired) electrons. The van der Waals surface area contributed by atoms with Gasteiger partial charge in [0.2, 0.25) is 0 Å². The van der Waals surface area contributed by atoms with Crippen LogP contribution in [0.2, 0.25) is 0 Å². The molecule has 6 heteroatoms. The quantitative estimate of drug-likeness (QED) is 0.548. The molecule has 0 aromatic heterocycles. The second-order valence-electron chi connectivity index (χ2n) is 0.111. The summed E-state index contributed by atoms with van der Waals surface area (Å²) in [5.41, 5.74) is 0. The summed E-state index contributed by atoms with van der Waals surface area (Å²) in [6, 6.07) is 0. The van der Waals surface area contributed by atoms with Crippen LogP contribution in [0.5, 0.6) is 0 Å². The van der Waals surface area contributed by atoms with Crippen molar-refractivity contribution < 1.29 is 48.8 Å². The minimum atomic E-state index is -2.00. The normalized spacial score (nSPS) is 5.33. The zero-order valence-corrected chi connectivity index (χ0v) is 6.33. The summed E-state index contributed by atoms with van der Waals surface area (Å²) in [7, 11) is 0. The van der Waals surface area contributed by atoms with E-state index in [1.54, 1.807) is 0 Å². The molecule has 0 bridgehead atoms. The van der Waals surface area contributed by atoms with Crippen LogP contribution in [0.25, 0.3) is 0 Å². The fourth-order valence-electron chi connectivity index (χ4n) is 0. The van der Waals surface area contributed by atoms with Gasteiger partial charge in [0, 0.05) is 0 Å². The average Bonchev–Trinajstić information content (AvgIpc) is 1.39. The van der Waals surface area contributed by atoms with Crippen LogP contribution in [0.3, 0.4) is 0 Å². The standard InChI is InChI=1S/Ir.4O.Rh. The van der Waals surface area contributed by atoms with Crippen molar-refractivity contribution in [2.24, 2.45) is 0 Å². The molecule has 0 aliphatic heterocycles. The third-order valence-corrected chi connectivity index (χ3v) is 0. The van der Waals surface area contributed by atoms with Gasteiger partial charge in [-0.1, -0.05) is 0 Å². The molecule has 0 aliphatic carbocycles. The van der Waals surface area contributed by atoms with Crippen molar-refractivity contribution in [3.8, 4) is 0 Å². The molecule has 0 aliphatic rings. The SMILES string of the molecule is [O]=[Ir]=[O].[O]=[Rh]=[O]. The zero-order chi connectivity index (χ0) is 5.41. The summed E-state index contributed by atoms with van der Waals surface area (Å²) >= 11 is -3.67. The molecule has 42 valence electrons. The van der Waals surface area contributed by atoms with Gasteiger partial charge in [0.1, 0.15) is 0 Å². The average molecular weight is 359 g/mol. The topological polar surface area (TPSA) is 68.3 Å². The molecule has 0 aromatic carbocycles. The molecular formula is IrO4Rh. The Balaban J connectivity index is 0. The molecule has 0 fully saturated rings. The molecule has 0 heterocycles. The van der Waals surface area contributed by atoms with Crippen LogP contribution < -0.4 is 0 Å². The molecule has 0 amide bonds. The van der Waals surface area contributed by atoms with Gasteiger partial charge in [0.05, 0.1) is 0 Å². The summed E-state index contributed by atoms with van der Waals surface area (Å²) in [6.07, 6.45) is 0. The van der Waals surface area contributed by atoms with E-state index in [0.29, 0.717) is 0 Å². The fourth-order valence-corrected chi connectivity index (χ4v) is 0. The minimum absolute atomic E-state index is 1.67. The number of hydrogen-bond acceptors (Lipinski definition) is 4. The van der Waals surface area contributed by atoms with Crippen LogP contribution in [0.1, 0.15) is 0 Å². The molecule has 0 saturated carbocycles.